The Morgan fingerprint density at radius 3 is 2.71 bits per heavy atom. The Labute approximate surface area is 123 Å². The summed E-state index contributed by atoms with van der Waals surface area (Å²) in [5.74, 6) is 0.147. The van der Waals surface area contributed by atoms with E-state index in [2.05, 4.69) is 5.32 Å². The number of benzene rings is 1. The number of fused-ring (bicyclic) bond motifs is 1. The lowest BCUT2D eigenvalue weighted by molar-refractivity contribution is -0.141. The molecule has 4 rings (SSSR count). The summed E-state index contributed by atoms with van der Waals surface area (Å²) in [6.07, 6.45) is 4.80. The molecule has 3 aliphatic rings. The van der Waals surface area contributed by atoms with Gasteiger partial charge < -0.3 is 19.9 Å². The van der Waals surface area contributed by atoms with Gasteiger partial charge in [0.25, 0.3) is 5.79 Å². The van der Waals surface area contributed by atoms with Gasteiger partial charge in [-0.25, -0.2) is 0 Å². The summed E-state index contributed by atoms with van der Waals surface area (Å²) < 4.78 is 12.1. The molecule has 2 fully saturated rings. The Morgan fingerprint density at radius 2 is 2.00 bits per heavy atom. The molecule has 2 unspecified atom stereocenters. The van der Waals surface area contributed by atoms with Crippen LogP contribution in [0.4, 0.5) is 0 Å². The van der Waals surface area contributed by atoms with Crippen molar-refractivity contribution >= 4 is 5.97 Å². The van der Waals surface area contributed by atoms with E-state index in [9.17, 15) is 4.79 Å². The predicted molar refractivity (Wildman–Crippen MR) is 75.4 cm³/mol. The first kappa shape index (κ1) is 13.0. The average molecular weight is 289 g/mol. The molecule has 5 nitrogen and oxygen atoms in total. The summed E-state index contributed by atoms with van der Waals surface area (Å²) in [6, 6.07) is 6.05. The van der Waals surface area contributed by atoms with E-state index < -0.39 is 11.8 Å². The van der Waals surface area contributed by atoms with E-state index in [-0.39, 0.29) is 12.0 Å². The van der Waals surface area contributed by atoms with Crippen molar-refractivity contribution in [2.45, 2.75) is 43.9 Å². The van der Waals surface area contributed by atoms with Crippen molar-refractivity contribution in [2.24, 2.45) is 5.92 Å². The van der Waals surface area contributed by atoms with Crippen LogP contribution in [0.1, 0.15) is 43.7 Å². The van der Waals surface area contributed by atoms with Crippen molar-refractivity contribution in [3.63, 3.8) is 0 Å². The minimum absolute atomic E-state index is 0.0835. The third-order valence-electron chi connectivity index (χ3n) is 4.81. The lowest BCUT2D eigenvalue weighted by atomic mass is 10.00. The van der Waals surface area contributed by atoms with Gasteiger partial charge in [0.2, 0.25) is 0 Å². The van der Waals surface area contributed by atoms with Crippen LogP contribution in [0.5, 0.6) is 11.5 Å². The Morgan fingerprint density at radius 1 is 1.24 bits per heavy atom. The van der Waals surface area contributed by atoms with Crippen LogP contribution >= 0.6 is 0 Å². The second-order valence-electron chi connectivity index (χ2n) is 6.26. The van der Waals surface area contributed by atoms with E-state index >= 15 is 0 Å². The largest absolute Gasteiger partial charge is 0.481 e. The van der Waals surface area contributed by atoms with Gasteiger partial charge in [-0.15, -0.1) is 0 Å². The highest BCUT2D eigenvalue weighted by Crippen LogP contribution is 2.47. The molecule has 1 saturated heterocycles. The molecule has 0 amide bonds. The number of carboxylic acids is 1. The number of nitrogens with one attached hydrogen (secondary N) is 1. The van der Waals surface area contributed by atoms with Crippen LogP contribution in [-0.2, 0) is 4.79 Å². The van der Waals surface area contributed by atoms with Crippen molar-refractivity contribution < 1.29 is 19.4 Å². The fourth-order valence-electron chi connectivity index (χ4n) is 3.62. The van der Waals surface area contributed by atoms with Crippen molar-refractivity contribution in [1.29, 1.82) is 0 Å². The molecule has 0 aromatic heterocycles. The topological polar surface area (TPSA) is 67.8 Å². The van der Waals surface area contributed by atoms with Gasteiger partial charge >= 0.3 is 5.97 Å². The van der Waals surface area contributed by atoms with E-state index in [0.29, 0.717) is 13.0 Å². The molecule has 2 heterocycles. The number of hydrogen-bond donors (Lipinski definition) is 2. The van der Waals surface area contributed by atoms with Gasteiger partial charge in [0.05, 0.1) is 5.92 Å². The number of ether oxygens (including phenoxy) is 2. The van der Waals surface area contributed by atoms with Crippen molar-refractivity contribution in [3.05, 3.63) is 23.8 Å². The third-order valence-corrected chi connectivity index (χ3v) is 4.81. The molecular weight excluding hydrogens is 270 g/mol. The minimum atomic E-state index is -0.726. The molecule has 2 atom stereocenters. The number of carboxylic acid groups (broad SMARTS) is 1. The summed E-state index contributed by atoms with van der Waals surface area (Å²) >= 11 is 0. The van der Waals surface area contributed by atoms with Gasteiger partial charge in [-0.1, -0.05) is 6.07 Å². The second kappa shape index (κ2) is 4.63. The Balaban J connectivity index is 1.54. The zero-order valence-corrected chi connectivity index (χ0v) is 11.8. The van der Waals surface area contributed by atoms with Gasteiger partial charge in [0.1, 0.15) is 0 Å². The molecule has 21 heavy (non-hydrogen) atoms. The molecule has 1 aromatic carbocycles. The maximum Gasteiger partial charge on any atom is 0.307 e. The molecule has 2 N–H and O–H groups in total. The summed E-state index contributed by atoms with van der Waals surface area (Å²) in [4.78, 5) is 11.1. The highest BCUT2D eigenvalue weighted by molar-refractivity contribution is 5.70. The fraction of sp³-hybridized carbons (Fsp3) is 0.562. The third kappa shape index (κ3) is 2.16. The monoisotopic (exact) mass is 289 g/mol. The lowest BCUT2D eigenvalue weighted by Gasteiger charge is -2.21. The summed E-state index contributed by atoms with van der Waals surface area (Å²) in [6.45, 7) is 0.526. The molecule has 1 aliphatic carbocycles. The van der Waals surface area contributed by atoms with Crippen molar-refractivity contribution in [3.8, 4) is 11.5 Å². The standard InChI is InChI=1S/C16H19NO4/c18-15(19)11-7-12(17-9-11)10-3-4-13-14(8-10)21-16(20-13)5-1-2-6-16/h3-4,8,11-12,17H,1-2,5-7,9H2,(H,18,19). The van der Waals surface area contributed by atoms with Crippen LogP contribution in [0, 0.1) is 5.92 Å². The second-order valence-corrected chi connectivity index (χ2v) is 6.26. The first-order chi connectivity index (χ1) is 10.2. The first-order valence-corrected chi connectivity index (χ1v) is 7.63. The number of carbonyl (C=O) groups is 1. The zero-order chi connectivity index (χ0) is 14.4. The number of hydrogen-bond acceptors (Lipinski definition) is 4. The summed E-state index contributed by atoms with van der Waals surface area (Å²) in [7, 11) is 0. The quantitative estimate of drug-likeness (QED) is 0.875. The van der Waals surface area contributed by atoms with Crippen molar-refractivity contribution in [2.75, 3.05) is 6.54 Å². The summed E-state index contributed by atoms with van der Waals surface area (Å²) in [5, 5.41) is 12.4. The minimum Gasteiger partial charge on any atom is -0.481 e. The molecule has 2 aliphatic heterocycles. The zero-order valence-electron chi connectivity index (χ0n) is 11.8. The highest BCUT2D eigenvalue weighted by atomic mass is 16.7. The molecule has 0 bridgehead atoms. The van der Waals surface area contributed by atoms with Crippen LogP contribution in [0.3, 0.4) is 0 Å². The van der Waals surface area contributed by atoms with E-state index in [4.69, 9.17) is 14.6 Å². The normalized spacial score (nSPS) is 29.1. The Hall–Kier alpha value is -1.75. The van der Waals surface area contributed by atoms with Crippen molar-refractivity contribution in [1.82, 2.24) is 5.32 Å². The van der Waals surface area contributed by atoms with Crippen LogP contribution in [0.2, 0.25) is 0 Å². The first-order valence-electron chi connectivity index (χ1n) is 7.63. The van der Waals surface area contributed by atoms with Gasteiger partial charge in [-0.3, -0.25) is 4.79 Å². The molecule has 0 radical (unpaired) electrons. The van der Waals surface area contributed by atoms with E-state index in [0.717, 1.165) is 42.7 Å². The van der Waals surface area contributed by atoms with Crippen LogP contribution in [-0.4, -0.2) is 23.4 Å². The van der Waals surface area contributed by atoms with Gasteiger partial charge in [-0.05, 0) is 37.0 Å². The lowest BCUT2D eigenvalue weighted by Crippen LogP contribution is -2.34. The highest BCUT2D eigenvalue weighted by Gasteiger charge is 2.44. The molecule has 112 valence electrons. The van der Waals surface area contributed by atoms with Crippen LogP contribution in [0.15, 0.2) is 18.2 Å². The van der Waals surface area contributed by atoms with Crippen LogP contribution in [0.25, 0.3) is 0 Å². The van der Waals surface area contributed by atoms with E-state index in [1.165, 1.54) is 0 Å². The average Bonchev–Trinajstić information content (AvgIpc) is 3.17. The smallest absolute Gasteiger partial charge is 0.307 e. The summed E-state index contributed by atoms with van der Waals surface area (Å²) in [5.41, 5.74) is 1.08. The SMILES string of the molecule is O=C(O)C1CNC(c2ccc3c(c2)OC2(CCCC2)O3)C1. The van der Waals surface area contributed by atoms with E-state index in [1.54, 1.807) is 0 Å². The number of rotatable bonds is 2. The molecular formula is C16H19NO4. The van der Waals surface area contributed by atoms with Gasteiger partial charge in [-0.2, -0.15) is 0 Å². The van der Waals surface area contributed by atoms with Crippen LogP contribution < -0.4 is 14.8 Å². The molecule has 5 heteroatoms. The maximum atomic E-state index is 11.1. The van der Waals surface area contributed by atoms with Gasteiger partial charge in [0, 0.05) is 25.4 Å². The molecule has 1 spiro atoms. The fourth-order valence-corrected chi connectivity index (χ4v) is 3.62. The predicted octanol–water partition coefficient (Wildman–Crippen LogP) is 2.46. The molecule has 1 aromatic rings. The Bertz CT molecular complexity index is 580. The molecule has 1 saturated carbocycles. The number of aliphatic carboxylic acids is 1. The maximum absolute atomic E-state index is 11.1. The van der Waals surface area contributed by atoms with Gasteiger partial charge in [0.15, 0.2) is 11.5 Å². The Kier molecular flexibility index (Phi) is 2.85. The van der Waals surface area contributed by atoms with E-state index in [1.807, 2.05) is 18.2 Å².